The molecule has 0 spiro atoms. The van der Waals surface area contributed by atoms with Crippen molar-refractivity contribution in [3.05, 3.63) is 77.0 Å². The summed E-state index contributed by atoms with van der Waals surface area (Å²) in [7, 11) is 0. The molecule has 0 saturated heterocycles. The van der Waals surface area contributed by atoms with Gasteiger partial charge >= 0.3 is 0 Å². The van der Waals surface area contributed by atoms with E-state index < -0.39 is 0 Å². The maximum atomic E-state index is 12.4. The fourth-order valence-corrected chi connectivity index (χ4v) is 4.78. The lowest BCUT2D eigenvalue weighted by atomic mass is 9.93. The van der Waals surface area contributed by atoms with Gasteiger partial charge in [0.15, 0.2) is 0 Å². The summed E-state index contributed by atoms with van der Waals surface area (Å²) < 4.78 is 0. The minimum atomic E-state index is -0.106. The van der Waals surface area contributed by atoms with Gasteiger partial charge in [-0.2, -0.15) is 5.26 Å². The zero-order chi connectivity index (χ0) is 21.8. The smallest absolute Gasteiger partial charge is 0.234 e. The third-order valence-electron chi connectivity index (χ3n) is 5.57. The van der Waals surface area contributed by atoms with Crippen LogP contribution in [0.25, 0.3) is 11.1 Å². The van der Waals surface area contributed by atoms with Crippen LogP contribution >= 0.6 is 11.8 Å². The van der Waals surface area contributed by atoms with E-state index in [0.29, 0.717) is 16.5 Å². The maximum Gasteiger partial charge on any atom is 0.234 e. The Bertz CT molecular complexity index is 1130. The Hall–Kier alpha value is -3.10. The standard InChI is InChI=1S/C26H25N3OS/c1-17(2)18-11-13-19(14-12-18)25-21-9-6-10-23(21)29-26(22(25)15-27)31-16-24(30)28-20-7-4-3-5-8-20/h3-5,7-8,11-14,17H,6,9-10,16H2,1-2H3,(H,28,30). The molecule has 3 aromatic rings. The quantitative estimate of drug-likeness (QED) is 0.493. The van der Waals surface area contributed by atoms with Crippen molar-refractivity contribution in [3.63, 3.8) is 0 Å². The summed E-state index contributed by atoms with van der Waals surface area (Å²) in [6.07, 6.45) is 2.91. The fourth-order valence-electron chi connectivity index (χ4n) is 3.97. The average molecular weight is 428 g/mol. The number of nitrogens with one attached hydrogen (secondary N) is 1. The molecular weight excluding hydrogens is 402 g/mol. The Morgan fingerprint density at radius 1 is 1.13 bits per heavy atom. The van der Waals surface area contributed by atoms with Crippen molar-refractivity contribution in [1.82, 2.24) is 4.98 Å². The number of carbonyl (C=O) groups excluding carboxylic acids is 1. The average Bonchev–Trinajstić information content (AvgIpc) is 3.25. The molecule has 31 heavy (non-hydrogen) atoms. The van der Waals surface area contributed by atoms with Gasteiger partial charge in [0.05, 0.1) is 11.3 Å². The highest BCUT2D eigenvalue weighted by atomic mass is 32.2. The number of thioether (sulfide) groups is 1. The van der Waals surface area contributed by atoms with Crippen molar-refractivity contribution >= 4 is 23.4 Å². The number of carbonyl (C=O) groups is 1. The molecule has 5 heteroatoms. The molecule has 0 unspecified atom stereocenters. The largest absolute Gasteiger partial charge is 0.325 e. The van der Waals surface area contributed by atoms with Crippen molar-refractivity contribution in [2.24, 2.45) is 0 Å². The predicted molar refractivity (Wildman–Crippen MR) is 126 cm³/mol. The molecule has 2 aromatic carbocycles. The molecule has 0 fully saturated rings. The molecule has 0 bridgehead atoms. The van der Waals surface area contributed by atoms with Crippen LogP contribution in [0.5, 0.6) is 0 Å². The minimum Gasteiger partial charge on any atom is -0.325 e. The van der Waals surface area contributed by atoms with E-state index in [1.807, 2.05) is 30.3 Å². The summed E-state index contributed by atoms with van der Waals surface area (Å²) in [5.74, 6) is 0.563. The molecular formula is C26H25N3OS. The Kier molecular flexibility index (Phi) is 6.39. The number of hydrogen-bond acceptors (Lipinski definition) is 4. The zero-order valence-corrected chi connectivity index (χ0v) is 18.6. The summed E-state index contributed by atoms with van der Waals surface area (Å²) in [5.41, 5.74) is 6.92. The van der Waals surface area contributed by atoms with E-state index in [9.17, 15) is 10.1 Å². The number of benzene rings is 2. The number of aromatic nitrogens is 1. The molecule has 1 N–H and O–H groups in total. The first-order chi connectivity index (χ1) is 15.1. The van der Waals surface area contributed by atoms with Crippen molar-refractivity contribution < 1.29 is 4.79 Å². The number of fused-ring (bicyclic) bond motifs is 1. The second-order valence-corrected chi connectivity index (χ2v) is 9.00. The monoisotopic (exact) mass is 427 g/mol. The number of aryl methyl sites for hydroxylation is 1. The Balaban J connectivity index is 1.64. The Morgan fingerprint density at radius 2 is 1.87 bits per heavy atom. The van der Waals surface area contributed by atoms with Crippen LogP contribution in [-0.2, 0) is 17.6 Å². The molecule has 1 aromatic heterocycles. The van der Waals surface area contributed by atoms with Crippen LogP contribution in [0, 0.1) is 11.3 Å². The van der Waals surface area contributed by atoms with Gasteiger partial charge in [0, 0.05) is 16.9 Å². The van der Waals surface area contributed by atoms with Gasteiger partial charge in [-0.1, -0.05) is 68.1 Å². The molecule has 1 aliphatic carbocycles. The van der Waals surface area contributed by atoms with Crippen LogP contribution in [0.3, 0.4) is 0 Å². The highest BCUT2D eigenvalue weighted by Crippen LogP contribution is 2.38. The second-order valence-electron chi connectivity index (χ2n) is 8.04. The van der Waals surface area contributed by atoms with Crippen molar-refractivity contribution in [2.75, 3.05) is 11.1 Å². The van der Waals surface area contributed by atoms with E-state index in [1.165, 1.54) is 22.9 Å². The lowest BCUT2D eigenvalue weighted by Crippen LogP contribution is -2.14. The van der Waals surface area contributed by atoms with Crippen LogP contribution in [-0.4, -0.2) is 16.6 Å². The van der Waals surface area contributed by atoms with Gasteiger partial charge in [0.1, 0.15) is 11.1 Å². The van der Waals surface area contributed by atoms with Gasteiger partial charge in [-0.3, -0.25) is 4.79 Å². The highest BCUT2D eigenvalue weighted by Gasteiger charge is 2.24. The first-order valence-electron chi connectivity index (χ1n) is 10.6. The second kappa shape index (κ2) is 9.36. The van der Waals surface area contributed by atoms with Gasteiger partial charge in [0.2, 0.25) is 5.91 Å². The SMILES string of the molecule is CC(C)c1ccc(-c2c(C#N)c(SCC(=O)Nc3ccccc3)nc3c2CCC3)cc1. The number of rotatable bonds is 6. The Labute approximate surface area is 187 Å². The van der Waals surface area contributed by atoms with E-state index in [1.54, 1.807) is 0 Å². The van der Waals surface area contributed by atoms with Crippen LogP contribution in [0.4, 0.5) is 5.69 Å². The number of nitriles is 1. The fraction of sp³-hybridized carbons (Fsp3) is 0.269. The molecule has 4 rings (SSSR count). The summed E-state index contributed by atoms with van der Waals surface area (Å²) in [4.78, 5) is 17.2. The zero-order valence-electron chi connectivity index (χ0n) is 17.8. The van der Waals surface area contributed by atoms with Gasteiger partial charge in [-0.05, 0) is 54.0 Å². The number of nitrogens with zero attached hydrogens (tertiary/aromatic N) is 2. The van der Waals surface area contributed by atoms with Crippen molar-refractivity contribution in [3.8, 4) is 17.2 Å². The van der Waals surface area contributed by atoms with E-state index in [2.05, 4.69) is 49.5 Å². The van der Waals surface area contributed by atoms with E-state index in [-0.39, 0.29) is 11.7 Å². The molecule has 156 valence electrons. The molecule has 4 nitrogen and oxygen atoms in total. The third kappa shape index (κ3) is 4.65. The number of para-hydroxylation sites is 1. The molecule has 1 heterocycles. The highest BCUT2D eigenvalue weighted by molar-refractivity contribution is 8.00. The number of anilines is 1. The van der Waals surface area contributed by atoms with Gasteiger partial charge in [0.25, 0.3) is 0 Å². The van der Waals surface area contributed by atoms with E-state index >= 15 is 0 Å². The van der Waals surface area contributed by atoms with Gasteiger partial charge in [-0.15, -0.1) is 0 Å². The molecule has 0 atom stereocenters. The molecule has 0 saturated carbocycles. The van der Waals surface area contributed by atoms with Crippen LogP contribution in [0.2, 0.25) is 0 Å². The number of hydrogen-bond donors (Lipinski definition) is 1. The summed E-state index contributed by atoms with van der Waals surface area (Å²) in [6, 6.07) is 20.3. The maximum absolute atomic E-state index is 12.4. The number of pyridine rings is 1. The van der Waals surface area contributed by atoms with Crippen molar-refractivity contribution in [1.29, 1.82) is 5.26 Å². The lowest BCUT2D eigenvalue weighted by molar-refractivity contribution is -0.113. The summed E-state index contributed by atoms with van der Waals surface area (Å²) >= 11 is 1.34. The molecule has 0 aliphatic heterocycles. The van der Waals surface area contributed by atoms with Crippen LogP contribution in [0.1, 0.15) is 48.6 Å². The number of amides is 1. The molecule has 1 aliphatic rings. The van der Waals surface area contributed by atoms with Crippen molar-refractivity contribution in [2.45, 2.75) is 44.1 Å². The lowest BCUT2D eigenvalue weighted by Gasteiger charge is -2.15. The minimum absolute atomic E-state index is 0.106. The van der Waals surface area contributed by atoms with Gasteiger partial charge in [-0.25, -0.2) is 4.98 Å². The van der Waals surface area contributed by atoms with Crippen LogP contribution in [0.15, 0.2) is 59.6 Å². The van der Waals surface area contributed by atoms with E-state index in [4.69, 9.17) is 4.98 Å². The predicted octanol–water partition coefficient (Wildman–Crippen LogP) is 5.96. The summed E-state index contributed by atoms with van der Waals surface area (Å²) in [5, 5.41) is 13.6. The Morgan fingerprint density at radius 3 is 2.55 bits per heavy atom. The topological polar surface area (TPSA) is 65.8 Å². The normalized spacial score (nSPS) is 12.5. The van der Waals surface area contributed by atoms with Crippen LogP contribution < -0.4 is 5.32 Å². The first kappa shape index (κ1) is 21.1. The molecule has 1 amide bonds. The van der Waals surface area contributed by atoms with E-state index in [0.717, 1.165) is 41.8 Å². The molecule has 0 radical (unpaired) electrons. The first-order valence-corrected chi connectivity index (χ1v) is 11.6. The third-order valence-corrected chi connectivity index (χ3v) is 6.54. The van der Waals surface area contributed by atoms with Gasteiger partial charge < -0.3 is 5.32 Å². The summed E-state index contributed by atoms with van der Waals surface area (Å²) in [6.45, 7) is 4.35.